The number of nitrogens with zero attached hydrogens (tertiary/aromatic N) is 7. The molecule has 1 atom stereocenters. The molecular formula is C45H60N12O17-4. The second-order valence-corrected chi connectivity index (χ2v) is 17.3. The van der Waals surface area contributed by atoms with Crippen molar-refractivity contribution in [3.05, 3.63) is 88.3 Å². The summed E-state index contributed by atoms with van der Waals surface area (Å²) in [7, 11) is 2.10. The van der Waals surface area contributed by atoms with Gasteiger partial charge in [-0.2, -0.15) is 0 Å². The van der Waals surface area contributed by atoms with Crippen molar-refractivity contribution in [1.29, 1.82) is 0 Å². The van der Waals surface area contributed by atoms with E-state index in [0.29, 0.717) is 17.9 Å². The van der Waals surface area contributed by atoms with Crippen molar-refractivity contribution < 1.29 is 52.8 Å². The van der Waals surface area contributed by atoms with Crippen LogP contribution in [0.1, 0.15) is 119 Å². The van der Waals surface area contributed by atoms with Crippen LogP contribution in [-0.2, 0) is 33.6 Å². The summed E-state index contributed by atoms with van der Waals surface area (Å²) in [6, 6.07) is 2.78. The minimum Gasteiger partial charge on any atom is -0.803 e. The highest BCUT2D eigenvalue weighted by Crippen LogP contribution is 2.14. The number of imide groups is 1. The van der Waals surface area contributed by atoms with Crippen LogP contribution >= 0.6 is 0 Å². The SMILES string of the molecule is CN([O-])C(=O)CN1CCCCN(CC(=O)N(C)[O-])CCCNC(=O)c2ccc(n([O-])c2=O)C(=O)N[C@@H](CCCCNC(=O)CCCC(=O)ON2C(=O)CCC2=O)CNC(=O)c2ccc(c(=O)n2[O-])C(=O)NCCC1. The first-order chi connectivity index (χ1) is 35.2. The van der Waals surface area contributed by atoms with Gasteiger partial charge in [0.2, 0.25) is 17.7 Å². The van der Waals surface area contributed by atoms with Crippen molar-refractivity contribution in [2.75, 3.05) is 79.5 Å². The number of amides is 9. The lowest BCUT2D eigenvalue weighted by atomic mass is 10.1. The molecule has 5 N–H and O–H groups in total. The van der Waals surface area contributed by atoms with E-state index in [1.165, 1.54) is 0 Å². The molecule has 6 heterocycles. The lowest BCUT2D eigenvalue weighted by Gasteiger charge is -2.29. The summed E-state index contributed by atoms with van der Waals surface area (Å²) in [6.07, 6.45) is 1.47. The van der Waals surface area contributed by atoms with E-state index >= 15 is 0 Å². The van der Waals surface area contributed by atoms with Crippen LogP contribution in [0, 0.1) is 20.8 Å². The monoisotopic (exact) mass is 1040 g/mol. The first-order valence-corrected chi connectivity index (χ1v) is 23.9. The van der Waals surface area contributed by atoms with E-state index in [-0.39, 0.29) is 143 Å². The van der Waals surface area contributed by atoms with E-state index in [0.717, 1.165) is 38.4 Å². The number of likely N-dealkylation sites (N-methyl/N-ethyl adjacent to an activating group) is 2. The second kappa shape index (κ2) is 29.1. The average Bonchev–Trinajstić information content (AvgIpc) is 3.66. The van der Waals surface area contributed by atoms with Gasteiger partial charge >= 0.3 is 5.97 Å². The summed E-state index contributed by atoms with van der Waals surface area (Å²) < 4.78 is -0.593. The van der Waals surface area contributed by atoms with Crippen LogP contribution in [0.25, 0.3) is 0 Å². The number of hydroxylamine groups is 6. The van der Waals surface area contributed by atoms with Gasteiger partial charge in [-0.25, -0.2) is 4.79 Å². The van der Waals surface area contributed by atoms with Gasteiger partial charge < -0.3 is 71.8 Å². The number of rotatable bonds is 14. The molecule has 0 radical (unpaired) electrons. The lowest BCUT2D eigenvalue weighted by molar-refractivity contribution is -0.197. The highest BCUT2D eigenvalue weighted by atomic mass is 16.7. The van der Waals surface area contributed by atoms with Crippen LogP contribution in [-0.4, -0.2) is 179 Å². The number of fused-ring (bicyclic) bond motifs is 2. The van der Waals surface area contributed by atoms with Gasteiger partial charge in [0.15, 0.2) is 0 Å². The molecule has 0 spiro atoms. The molecule has 74 heavy (non-hydrogen) atoms. The van der Waals surface area contributed by atoms with Crippen molar-refractivity contribution in [2.45, 2.75) is 83.1 Å². The van der Waals surface area contributed by atoms with E-state index < -0.39 is 105 Å². The minimum absolute atomic E-state index is 0.0366. The quantitative estimate of drug-likeness (QED) is 0.0764. The lowest BCUT2D eigenvalue weighted by Crippen LogP contribution is -2.46. The van der Waals surface area contributed by atoms with Crippen LogP contribution in [0.2, 0.25) is 0 Å². The molecule has 0 saturated carbocycles. The first kappa shape index (κ1) is 58.8. The van der Waals surface area contributed by atoms with E-state index in [4.69, 9.17) is 4.84 Å². The zero-order valence-corrected chi connectivity index (χ0v) is 41.0. The number of nitrogens with one attached hydrogen (secondary N) is 5. The predicted molar refractivity (Wildman–Crippen MR) is 259 cm³/mol. The fraction of sp³-hybridized carbons (Fsp3) is 0.556. The van der Waals surface area contributed by atoms with Gasteiger partial charge in [-0.1, -0.05) is 0 Å². The van der Waals surface area contributed by atoms with E-state index in [2.05, 4.69) is 26.6 Å². The molecule has 4 aliphatic heterocycles. The van der Waals surface area contributed by atoms with Crippen molar-refractivity contribution in [2.24, 2.45) is 0 Å². The molecule has 1 fully saturated rings. The Morgan fingerprint density at radius 1 is 0.635 bits per heavy atom. The Hall–Kier alpha value is -7.76. The summed E-state index contributed by atoms with van der Waals surface area (Å²) in [5.74, 6) is -8.15. The molecule has 29 heteroatoms. The maximum absolute atomic E-state index is 13.5. The van der Waals surface area contributed by atoms with Gasteiger partial charge in [-0.15, -0.1) is 5.06 Å². The number of aromatic nitrogens is 2. The van der Waals surface area contributed by atoms with E-state index in [1.807, 2.05) is 0 Å². The Morgan fingerprint density at radius 3 is 1.62 bits per heavy atom. The number of hydrogen-bond donors (Lipinski definition) is 5. The van der Waals surface area contributed by atoms with Crippen LogP contribution < -0.4 is 37.7 Å². The Kier molecular flexibility index (Phi) is 23.1. The fourth-order valence-corrected chi connectivity index (χ4v) is 7.54. The molecule has 4 bridgehead atoms. The smallest absolute Gasteiger partial charge is 0.333 e. The summed E-state index contributed by atoms with van der Waals surface area (Å²) >= 11 is 0. The third-order valence-electron chi connectivity index (χ3n) is 11.7. The second-order valence-electron chi connectivity index (χ2n) is 17.3. The van der Waals surface area contributed by atoms with E-state index in [9.17, 15) is 78.4 Å². The Bertz CT molecular complexity index is 2500. The zero-order valence-electron chi connectivity index (χ0n) is 41.0. The molecule has 4 aliphatic rings. The summed E-state index contributed by atoms with van der Waals surface area (Å²) in [6.45, 7) is 0.0354. The Labute approximate surface area is 423 Å². The largest absolute Gasteiger partial charge is 0.803 e. The highest BCUT2D eigenvalue weighted by molar-refractivity contribution is 6.01. The Morgan fingerprint density at radius 2 is 1.12 bits per heavy atom. The van der Waals surface area contributed by atoms with Crippen molar-refractivity contribution >= 4 is 59.1 Å². The number of carbonyl (C=O) groups is 10. The predicted octanol–water partition coefficient (Wildman–Crippen LogP) is -2.16. The minimum atomic E-state index is -1.38. The van der Waals surface area contributed by atoms with Gasteiger partial charge in [0.25, 0.3) is 46.6 Å². The van der Waals surface area contributed by atoms with Crippen LogP contribution in [0.5, 0.6) is 0 Å². The zero-order chi connectivity index (χ0) is 54.5. The normalized spacial score (nSPS) is 17.5. The Balaban J connectivity index is 1.48. The van der Waals surface area contributed by atoms with E-state index in [1.54, 1.807) is 9.80 Å². The highest BCUT2D eigenvalue weighted by Gasteiger charge is 2.33. The fourth-order valence-electron chi connectivity index (χ4n) is 7.54. The topological polar surface area (TPSA) is 393 Å². The maximum atomic E-state index is 13.5. The van der Waals surface area contributed by atoms with Crippen LogP contribution in [0.3, 0.4) is 0 Å². The maximum Gasteiger partial charge on any atom is 0.333 e. The molecule has 0 unspecified atom stereocenters. The molecule has 2 aromatic rings. The molecule has 0 aliphatic carbocycles. The summed E-state index contributed by atoms with van der Waals surface area (Å²) in [4.78, 5) is 160. The summed E-state index contributed by atoms with van der Waals surface area (Å²) in [5, 5.41) is 63.0. The van der Waals surface area contributed by atoms with Crippen LogP contribution in [0.15, 0.2) is 33.9 Å². The molecule has 2 aromatic heterocycles. The van der Waals surface area contributed by atoms with Gasteiger partial charge in [0.1, 0.15) is 22.5 Å². The number of pyridine rings is 2. The third kappa shape index (κ3) is 18.1. The van der Waals surface area contributed by atoms with Crippen molar-refractivity contribution in [3.8, 4) is 0 Å². The van der Waals surface area contributed by atoms with Gasteiger partial charge in [-0.3, -0.25) is 62.5 Å². The number of unbranched alkanes of at least 4 members (excludes halogenated alkanes) is 1. The van der Waals surface area contributed by atoms with Crippen LogP contribution in [0.4, 0.5) is 0 Å². The molecular weight excluding hydrogens is 981 g/mol. The first-order valence-electron chi connectivity index (χ1n) is 23.9. The van der Waals surface area contributed by atoms with Crippen molar-refractivity contribution in [3.63, 3.8) is 0 Å². The molecule has 6 rings (SSSR count). The summed E-state index contributed by atoms with van der Waals surface area (Å²) in [5.41, 5.74) is -5.39. The van der Waals surface area contributed by atoms with Gasteiger partial charge in [-0.05, 0) is 103 Å². The van der Waals surface area contributed by atoms with Gasteiger partial charge in [0, 0.05) is 71.0 Å². The molecule has 9 amide bonds. The number of carbonyl (C=O) groups excluding carboxylic acids is 10. The average molecular weight is 1040 g/mol. The molecule has 29 nitrogen and oxygen atoms in total. The standard InChI is InChI=1S/C45H60N12O17/c1-51(70)37(61)27-53-22-5-6-23-54(28-38(62)52(2)71)25-9-21-48-41(65)31-14-16-33(56(73)45(31)69)43(67)50-29(26-49-42(66)32-15-13-30(44(68)55(32)72)40(64)47-20-8-24-53)10-3-4-19-46-34(58)11-7-12-39(63)74-57-35(59)17-18-36(57)60/h13-16,29H,3-12,17-28H2,1-2H3,(H,46,58)(H,47,64)(H,48,65)(H,49,66)(H,50,67)/q-4/t29-/m0/s1. The molecule has 0 aromatic carbocycles. The third-order valence-corrected chi connectivity index (χ3v) is 11.7. The van der Waals surface area contributed by atoms with Gasteiger partial charge in [0.05, 0.1) is 13.1 Å². The molecule has 406 valence electrons. The number of hydrogen-bond acceptors (Lipinski definition) is 19. The van der Waals surface area contributed by atoms with Crippen molar-refractivity contribution in [1.82, 2.24) is 61.0 Å². The molecule has 1 saturated heterocycles.